The first-order chi connectivity index (χ1) is 11.1. The molecule has 1 unspecified atom stereocenters. The summed E-state index contributed by atoms with van der Waals surface area (Å²) in [6.07, 6.45) is 2.82. The van der Waals surface area contributed by atoms with Crippen molar-refractivity contribution < 1.29 is 14.3 Å². The van der Waals surface area contributed by atoms with Gasteiger partial charge in [0, 0.05) is 11.6 Å². The van der Waals surface area contributed by atoms with Crippen LogP contribution in [0.25, 0.3) is 0 Å². The average molecular weight is 335 g/mol. The molecule has 6 nitrogen and oxygen atoms in total. The number of rotatable bonds is 6. The van der Waals surface area contributed by atoms with Crippen molar-refractivity contribution in [2.75, 3.05) is 7.11 Å². The highest BCUT2D eigenvalue weighted by atomic mass is 16.5. The molecule has 0 saturated heterocycles. The van der Waals surface area contributed by atoms with Gasteiger partial charge in [0.05, 0.1) is 12.6 Å². The highest BCUT2D eigenvalue weighted by molar-refractivity contribution is 5.95. The van der Waals surface area contributed by atoms with Crippen LogP contribution in [0, 0.1) is 5.92 Å². The average Bonchev–Trinajstić information content (AvgIpc) is 3.21. The Morgan fingerprint density at radius 3 is 2.46 bits per heavy atom. The van der Waals surface area contributed by atoms with Gasteiger partial charge in [0.15, 0.2) is 0 Å². The minimum Gasteiger partial charge on any atom is -0.467 e. The van der Waals surface area contributed by atoms with E-state index in [-0.39, 0.29) is 17.4 Å². The Morgan fingerprint density at radius 2 is 2.00 bits per heavy atom. The van der Waals surface area contributed by atoms with Crippen molar-refractivity contribution in [1.29, 1.82) is 0 Å². The maximum atomic E-state index is 12.6. The Kier molecular flexibility index (Phi) is 5.35. The first-order valence-corrected chi connectivity index (χ1v) is 8.62. The molecule has 1 saturated carbocycles. The predicted octanol–water partition coefficient (Wildman–Crippen LogP) is 2.83. The molecule has 1 amide bonds. The van der Waals surface area contributed by atoms with Crippen LogP contribution in [-0.4, -0.2) is 34.8 Å². The van der Waals surface area contributed by atoms with E-state index >= 15 is 0 Å². The van der Waals surface area contributed by atoms with Crippen molar-refractivity contribution in [3.05, 3.63) is 17.5 Å². The summed E-state index contributed by atoms with van der Waals surface area (Å²) in [5.74, 6) is 0.0135. The number of ether oxygens (including phenoxy) is 1. The van der Waals surface area contributed by atoms with Crippen molar-refractivity contribution in [3.8, 4) is 0 Å². The fraction of sp³-hybridized carbons (Fsp3) is 0.722. The van der Waals surface area contributed by atoms with E-state index in [0.29, 0.717) is 18.0 Å². The largest absolute Gasteiger partial charge is 0.467 e. The molecular weight excluding hydrogens is 306 g/mol. The lowest BCUT2D eigenvalue weighted by Gasteiger charge is -2.22. The lowest BCUT2D eigenvalue weighted by atomic mass is 10.0. The third-order valence-electron chi connectivity index (χ3n) is 4.10. The molecular formula is C18H29N3O3. The van der Waals surface area contributed by atoms with Gasteiger partial charge in [-0.05, 0) is 52.0 Å². The standard InChI is InChI=1S/C18H29N3O3/c1-11(2)9-14(17(23)24-6)19-16(22)13-10-15(12-7-8-12)21(20-13)18(3,4)5/h10-12,14H,7-9H2,1-6H3,(H,19,22). The second-order valence-corrected chi connectivity index (χ2v) is 7.99. The van der Waals surface area contributed by atoms with Gasteiger partial charge >= 0.3 is 5.97 Å². The van der Waals surface area contributed by atoms with Crippen molar-refractivity contribution in [2.45, 2.75) is 71.4 Å². The van der Waals surface area contributed by atoms with Crippen molar-refractivity contribution >= 4 is 11.9 Å². The number of carbonyl (C=O) groups is 2. The van der Waals surface area contributed by atoms with E-state index in [1.165, 1.54) is 7.11 Å². The summed E-state index contributed by atoms with van der Waals surface area (Å²) in [6.45, 7) is 10.2. The first kappa shape index (κ1) is 18.5. The fourth-order valence-corrected chi connectivity index (χ4v) is 2.77. The topological polar surface area (TPSA) is 73.2 Å². The van der Waals surface area contributed by atoms with Gasteiger partial charge in [0.25, 0.3) is 5.91 Å². The molecule has 0 aliphatic heterocycles. The molecule has 1 atom stereocenters. The van der Waals surface area contributed by atoms with Gasteiger partial charge in [0.2, 0.25) is 0 Å². The van der Waals surface area contributed by atoms with Crippen LogP contribution >= 0.6 is 0 Å². The summed E-state index contributed by atoms with van der Waals surface area (Å²) in [5.41, 5.74) is 1.28. The van der Waals surface area contributed by atoms with E-state index in [4.69, 9.17) is 4.74 Å². The van der Waals surface area contributed by atoms with Gasteiger partial charge in [0.1, 0.15) is 11.7 Å². The minimum atomic E-state index is -0.647. The summed E-state index contributed by atoms with van der Waals surface area (Å²) < 4.78 is 6.74. The van der Waals surface area contributed by atoms with Crippen LogP contribution < -0.4 is 5.32 Å². The molecule has 134 valence electrons. The number of methoxy groups -OCH3 is 1. The number of carbonyl (C=O) groups excluding carboxylic acids is 2. The van der Waals surface area contributed by atoms with Crippen LogP contribution in [0.4, 0.5) is 0 Å². The van der Waals surface area contributed by atoms with Gasteiger partial charge in [-0.2, -0.15) is 5.10 Å². The molecule has 1 aliphatic carbocycles. The highest BCUT2D eigenvalue weighted by Gasteiger charge is 2.33. The Labute approximate surface area is 143 Å². The van der Waals surface area contributed by atoms with E-state index in [2.05, 4.69) is 31.2 Å². The smallest absolute Gasteiger partial charge is 0.328 e. The summed E-state index contributed by atoms with van der Waals surface area (Å²) in [5, 5.41) is 7.29. The maximum absolute atomic E-state index is 12.6. The lowest BCUT2D eigenvalue weighted by molar-refractivity contribution is -0.143. The number of amides is 1. The third-order valence-corrected chi connectivity index (χ3v) is 4.10. The highest BCUT2D eigenvalue weighted by Crippen LogP contribution is 2.41. The number of esters is 1. The summed E-state index contributed by atoms with van der Waals surface area (Å²) >= 11 is 0. The summed E-state index contributed by atoms with van der Waals surface area (Å²) in [4.78, 5) is 24.5. The molecule has 1 aromatic rings. The predicted molar refractivity (Wildman–Crippen MR) is 91.9 cm³/mol. The number of nitrogens with zero attached hydrogens (tertiary/aromatic N) is 2. The number of hydrogen-bond donors (Lipinski definition) is 1. The van der Waals surface area contributed by atoms with Crippen LogP contribution in [-0.2, 0) is 15.1 Å². The first-order valence-electron chi connectivity index (χ1n) is 8.62. The second kappa shape index (κ2) is 6.95. The van der Waals surface area contributed by atoms with Crippen molar-refractivity contribution in [2.24, 2.45) is 5.92 Å². The van der Waals surface area contributed by atoms with Crippen LogP contribution in [0.3, 0.4) is 0 Å². The number of aromatic nitrogens is 2. The van der Waals surface area contributed by atoms with E-state index < -0.39 is 12.0 Å². The monoisotopic (exact) mass is 335 g/mol. The van der Waals surface area contributed by atoms with Crippen LogP contribution in [0.15, 0.2) is 6.07 Å². The van der Waals surface area contributed by atoms with Gasteiger partial charge < -0.3 is 10.1 Å². The zero-order valence-electron chi connectivity index (χ0n) is 15.5. The van der Waals surface area contributed by atoms with Crippen LogP contribution in [0.1, 0.15) is 76.0 Å². The van der Waals surface area contributed by atoms with E-state index in [1.54, 1.807) is 0 Å². The molecule has 1 fully saturated rings. The summed E-state index contributed by atoms with van der Waals surface area (Å²) in [6, 6.07) is 1.22. The minimum absolute atomic E-state index is 0.184. The normalized spacial score (nSPS) is 16.1. The quantitative estimate of drug-likeness (QED) is 0.811. The van der Waals surface area contributed by atoms with Gasteiger partial charge in [-0.1, -0.05) is 13.8 Å². The Hall–Kier alpha value is -1.85. The Balaban J connectivity index is 2.21. The lowest BCUT2D eigenvalue weighted by Crippen LogP contribution is -2.42. The molecule has 0 aromatic carbocycles. The molecule has 1 aliphatic rings. The van der Waals surface area contributed by atoms with Crippen molar-refractivity contribution in [1.82, 2.24) is 15.1 Å². The molecule has 1 aromatic heterocycles. The molecule has 1 N–H and O–H groups in total. The molecule has 0 bridgehead atoms. The number of nitrogens with one attached hydrogen (secondary N) is 1. The third kappa shape index (κ3) is 4.36. The zero-order chi connectivity index (χ0) is 18.1. The Bertz CT molecular complexity index is 610. The summed E-state index contributed by atoms with van der Waals surface area (Å²) in [7, 11) is 1.33. The van der Waals surface area contributed by atoms with E-state index in [9.17, 15) is 9.59 Å². The molecule has 0 spiro atoms. The van der Waals surface area contributed by atoms with Crippen molar-refractivity contribution in [3.63, 3.8) is 0 Å². The van der Waals surface area contributed by atoms with E-state index in [1.807, 2.05) is 24.6 Å². The molecule has 6 heteroatoms. The van der Waals surface area contributed by atoms with Gasteiger partial charge in [-0.25, -0.2) is 4.79 Å². The molecule has 24 heavy (non-hydrogen) atoms. The SMILES string of the molecule is COC(=O)C(CC(C)C)NC(=O)c1cc(C2CC2)n(C(C)(C)C)n1. The van der Waals surface area contributed by atoms with E-state index in [0.717, 1.165) is 18.5 Å². The maximum Gasteiger partial charge on any atom is 0.328 e. The van der Waals surface area contributed by atoms with Gasteiger partial charge in [-0.15, -0.1) is 0 Å². The number of hydrogen-bond acceptors (Lipinski definition) is 4. The molecule has 0 radical (unpaired) electrons. The zero-order valence-corrected chi connectivity index (χ0v) is 15.5. The fourth-order valence-electron chi connectivity index (χ4n) is 2.77. The molecule has 1 heterocycles. The van der Waals surface area contributed by atoms with Crippen LogP contribution in [0.5, 0.6) is 0 Å². The molecule has 2 rings (SSSR count). The van der Waals surface area contributed by atoms with Crippen LogP contribution in [0.2, 0.25) is 0 Å². The second-order valence-electron chi connectivity index (χ2n) is 7.99. The van der Waals surface area contributed by atoms with Gasteiger partial charge in [-0.3, -0.25) is 9.48 Å². The Morgan fingerprint density at radius 1 is 1.38 bits per heavy atom.